The van der Waals surface area contributed by atoms with Crippen molar-refractivity contribution in [3.05, 3.63) is 223 Å². The molecule has 0 radical (unpaired) electrons. The van der Waals surface area contributed by atoms with E-state index in [2.05, 4.69) is 112 Å². The Hall–Kier alpha value is -6.79. The average Bonchev–Trinajstić information content (AvgIpc) is 3.92. The molecule has 0 amide bonds. The molecule has 0 N–H and O–H groups in total. The first-order valence-electron chi connectivity index (χ1n) is 20.1. The zero-order valence-corrected chi connectivity index (χ0v) is 35.9. The largest absolute Gasteiger partial charge is 3.00 e. The fourth-order valence-corrected chi connectivity index (χ4v) is 7.48. The Morgan fingerprint density at radius 3 is 1.97 bits per heavy atom. The van der Waals surface area contributed by atoms with Crippen molar-refractivity contribution in [2.24, 2.45) is 7.05 Å². The summed E-state index contributed by atoms with van der Waals surface area (Å²) in [6.07, 6.45) is 11.1. The molecule has 0 aliphatic carbocycles. The smallest absolute Gasteiger partial charge is 0.501 e. The Morgan fingerprint density at radius 1 is 0.574 bits per heavy atom. The molecule has 6 aromatic carbocycles. The van der Waals surface area contributed by atoms with Gasteiger partial charge in [0.25, 0.3) is 0 Å². The minimum absolute atomic E-state index is 0. The van der Waals surface area contributed by atoms with Gasteiger partial charge in [-0.05, 0) is 70.6 Å². The third-order valence-electron chi connectivity index (χ3n) is 10.6. The summed E-state index contributed by atoms with van der Waals surface area (Å²) in [5.41, 5.74) is 13.7. The number of benzene rings is 6. The molecule has 0 aliphatic heterocycles. The van der Waals surface area contributed by atoms with Crippen LogP contribution in [0.1, 0.15) is 22.3 Å². The SMILES string of the molecule is Cn1ccnc1-c1[c-]ccc2c1oc1ccccc12.Fc1c[c-]c(-c2ccc(CCc3cc(CCc4c[c-]c(-c5ccccn5)cc4)cc(-c4ccccc4)c3)cn2)cc1.[Ir+3]. The van der Waals surface area contributed by atoms with Gasteiger partial charge in [-0.15, -0.1) is 83.4 Å². The number of imidazole rings is 1. The number of hydrogen-bond acceptors (Lipinski definition) is 4. The molecule has 61 heavy (non-hydrogen) atoms. The minimum Gasteiger partial charge on any atom is -0.501 e. The van der Waals surface area contributed by atoms with Crippen LogP contribution in [0.3, 0.4) is 0 Å². The summed E-state index contributed by atoms with van der Waals surface area (Å²) < 4.78 is 21.2. The van der Waals surface area contributed by atoms with Crippen molar-refractivity contribution in [3.63, 3.8) is 0 Å². The van der Waals surface area contributed by atoms with Crippen molar-refractivity contribution in [1.82, 2.24) is 19.5 Å². The maximum atomic E-state index is 13.2. The molecule has 10 rings (SSSR count). The predicted molar refractivity (Wildman–Crippen MR) is 238 cm³/mol. The van der Waals surface area contributed by atoms with Crippen LogP contribution in [-0.4, -0.2) is 19.5 Å². The van der Waals surface area contributed by atoms with Gasteiger partial charge in [-0.25, -0.2) is 0 Å². The monoisotopic (exact) mass is 972 g/mol. The second kappa shape index (κ2) is 19.1. The molecular weight excluding hydrogens is 932 g/mol. The summed E-state index contributed by atoms with van der Waals surface area (Å²) in [5.74, 6) is 0.573. The Labute approximate surface area is 369 Å². The predicted octanol–water partition coefficient (Wildman–Crippen LogP) is 12.6. The van der Waals surface area contributed by atoms with Crippen molar-refractivity contribution in [3.8, 4) is 45.0 Å². The van der Waals surface area contributed by atoms with Crippen LogP contribution < -0.4 is 0 Å². The van der Waals surface area contributed by atoms with Gasteiger partial charge in [-0.1, -0.05) is 108 Å². The normalized spacial score (nSPS) is 10.9. The van der Waals surface area contributed by atoms with E-state index >= 15 is 0 Å². The molecule has 298 valence electrons. The number of hydrogen-bond donors (Lipinski definition) is 0. The van der Waals surface area contributed by atoms with Crippen LogP contribution in [0.4, 0.5) is 4.39 Å². The quantitative estimate of drug-likeness (QED) is 0.128. The van der Waals surface area contributed by atoms with E-state index in [9.17, 15) is 4.39 Å². The summed E-state index contributed by atoms with van der Waals surface area (Å²) in [6.45, 7) is 0. The molecule has 0 saturated heterocycles. The first-order valence-corrected chi connectivity index (χ1v) is 20.1. The van der Waals surface area contributed by atoms with Crippen molar-refractivity contribution >= 4 is 21.9 Å². The number of fused-ring (bicyclic) bond motifs is 3. The summed E-state index contributed by atoms with van der Waals surface area (Å²) >= 11 is 0. The molecule has 0 atom stereocenters. The summed E-state index contributed by atoms with van der Waals surface area (Å²) in [5, 5.41) is 2.23. The average molecular weight is 972 g/mol. The van der Waals surface area contributed by atoms with Gasteiger partial charge in [0.1, 0.15) is 5.58 Å². The van der Waals surface area contributed by atoms with Crippen molar-refractivity contribution < 1.29 is 28.9 Å². The Balaban J connectivity index is 0.000000213. The number of halogens is 1. The summed E-state index contributed by atoms with van der Waals surface area (Å²) in [6, 6.07) is 60.1. The summed E-state index contributed by atoms with van der Waals surface area (Å²) in [4.78, 5) is 13.4. The van der Waals surface area contributed by atoms with Crippen molar-refractivity contribution in [2.45, 2.75) is 25.7 Å². The third-order valence-corrected chi connectivity index (χ3v) is 10.6. The van der Waals surface area contributed by atoms with E-state index in [1.54, 1.807) is 12.3 Å². The standard InChI is InChI=1S/C38H29FN2.C16H11N2O.Ir/c39-36-20-18-34(19-21-36)38-22-15-29(27-41-38)10-12-31-24-30(25-35(26-31)32-6-2-1-3-7-32)11-9-28-13-16-33(17-14-28)37-8-4-5-23-40-37;1-18-10-9-17-16(18)13-7-4-6-12-11-5-2-3-8-14(11)19-15(12)13;/h1-8,13-16,18,20-27H,9-12H2;2-6,8-10H,1H3;/q-2;-1;+3. The van der Waals surface area contributed by atoms with Crippen LogP contribution in [0.25, 0.3) is 67.0 Å². The van der Waals surface area contributed by atoms with Gasteiger partial charge in [0.05, 0.1) is 11.4 Å². The molecule has 0 saturated carbocycles. The number of para-hydroxylation sites is 1. The van der Waals surface area contributed by atoms with E-state index in [4.69, 9.17) is 4.42 Å². The number of aromatic nitrogens is 4. The molecule has 0 unspecified atom stereocenters. The summed E-state index contributed by atoms with van der Waals surface area (Å²) in [7, 11) is 1.97. The van der Waals surface area contributed by atoms with Gasteiger partial charge in [-0.2, -0.15) is 0 Å². The number of rotatable bonds is 10. The number of furan rings is 1. The van der Waals surface area contributed by atoms with Crippen LogP contribution >= 0.6 is 0 Å². The van der Waals surface area contributed by atoms with E-state index in [1.165, 1.54) is 45.5 Å². The number of aryl methyl sites for hydroxylation is 5. The Morgan fingerprint density at radius 2 is 1.28 bits per heavy atom. The van der Waals surface area contributed by atoms with Gasteiger partial charge in [-0.3, -0.25) is 9.37 Å². The fourth-order valence-electron chi connectivity index (χ4n) is 7.48. The number of pyridine rings is 2. The second-order valence-corrected chi connectivity index (χ2v) is 14.8. The van der Waals surface area contributed by atoms with Crippen LogP contribution in [-0.2, 0) is 52.8 Å². The van der Waals surface area contributed by atoms with Crippen LogP contribution in [0.5, 0.6) is 0 Å². The molecule has 10 aromatic rings. The molecule has 4 heterocycles. The second-order valence-electron chi connectivity index (χ2n) is 14.8. The van der Waals surface area contributed by atoms with E-state index in [1.807, 2.05) is 84.8 Å². The Kier molecular flexibility index (Phi) is 12.8. The van der Waals surface area contributed by atoms with Crippen molar-refractivity contribution in [1.29, 1.82) is 0 Å². The molecule has 4 aromatic heterocycles. The van der Waals surface area contributed by atoms with E-state index in [0.29, 0.717) is 0 Å². The maximum Gasteiger partial charge on any atom is 3.00 e. The van der Waals surface area contributed by atoms with Crippen LogP contribution in [0.2, 0.25) is 0 Å². The van der Waals surface area contributed by atoms with Crippen LogP contribution in [0, 0.1) is 24.0 Å². The fraction of sp³-hybridized carbons (Fsp3) is 0.0926. The molecule has 0 spiro atoms. The van der Waals surface area contributed by atoms with Gasteiger partial charge in [0.2, 0.25) is 0 Å². The zero-order chi connectivity index (χ0) is 40.7. The van der Waals surface area contributed by atoms with Gasteiger partial charge < -0.3 is 19.0 Å². The van der Waals surface area contributed by atoms with Gasteiger partial charge in [0, 0.05) is 43.0 Å². The first-order chi connectivity index (χ1) is 29.5. The molecule has 0 bridgehead atoms. The van der Waals surface area contributed by atoms with Crippen LogP contribution in [0.15, 0.2) is 181 Å². The van der Waals surface area contributed by atoms with Gasteiger partial charge in [0.15, 0.2) is 0 Å². The molecule has 0 fully saturated rings. The third kappa shape index (κ3) is 9.66. The first kappa shape index (κ1) is 41.0. The molecular formula is C54H40FIrN4O. The van der Waals surface area contributed by atoms with Crippen molar-refractivity contribution in [2.75, 3.05) is 0 Å². The molecule has 0 aliphatic rings. The Bertz CT molecular complexity index is 2980. The minimum atomic E-state index is -0.292. The van der Waals surface area contributed by atoms with Gasteiger partial charge >= 0.3 is 20.1 Å². The van der Waals surface area contributed by atoms with E-state index in [-0.39, 0.29) is 25.9 Å². The maximum absolute atomic E-state index is 13.2. The topological polar surface area (TPSA) is 56.7 Å². The zero-order valence-electron chi connectivity index (χ0n) is 33.5. The van der Waals surface area contributed by atoms with E-state index in [0.717, 1.165) is 81.5 Å². The van der Waals surface area contributed by atoms with E-state index < -0.39 is 0 Å². The number of nitrogens with zero attached hydrogens (tertiary/aromatic N) is 4. The molecule has 7 heteroatoms. The molecule has 5 nitrogen and oxygen atoms in total.